The molecule has 2 saturated heterocycles. The molecular formula is C16H19N3O6. The smallest absolute Gasteiger partial charge is 0.324 e. The van der Waals surface area contributed by atoms with Gasteiger partial charge in [0, 0.05) is 18.7 Å². The normalized spacial score (nSPS) is 17.2. The third kappa shape index (κ3) is 2.81. The van der Waals surface area contributed by atoms with Gasteiger partial charge in [0.15, 0.2) is 11.5 Å². The van der Waals surface area contributed by atoms with Crippen LogP contribution in [0.4, 0.5) is 4.79 Å². The van der Waals surface area contributed by atoms with Crippen LogP contribution in [0.3, 0.4) is 0 Å². The van der Waals surface area contributed by atoms with Crippen molar-refractivity contribution in [3.8, 4) is 17.2 Å². The van der Waals surface area contributed by atoms with Crippen molar-refractivity contribution < 1.29 is 28.6 Å². The second-order valence-electron chi connectivity index (χ2n) is 5.70. The van der Waals surface area contributed by atoms with Crippen LogP contribution in [0.25, 0.3) is 0 Å². The third-order valence-corrected chi connectivity index (χ3v) is 4.30. The summed E-state index contributed by atoms with van der Waals surface area (Å²) in [6.07, 6.45) is 0. The van der Waals surface area contributed by atoms with Gasteiger partial charge in [0.05, 0.1) is 33.9 Å². The van der Waals surface area contributed by atoms with Crippen LogP contribution in [0.1, 0.15) is 10.4 Å². The lowest BCUT2D eigenvalue weighted by Gasteiger charge is -2.42. The third-order valence-electron chi connectivity index (χ3n) is 4.30. The van der Waals surface area contributed by atoms with Crippen LogP contribution in [0.2, 0.25) is 0 Å². The highest BCUT2D eigenvalue weighted by molar-refractivity contribution is 6.03. The van der Waals surface area contributed by atoms with Crippen LogP contribution < -0.4 is 19.5 Å². The summed E-state index contributed by atoms with van der Waals surface area (Å²) in [6.45, 7) is 0.611. The molecule has 0 bridgehead atoms. The van der Waals surface area contributed by atoms with E-state index in [0.29, 0.717) is 35.9 Å². The van der Waals surface area contributed by atoms with E-state index in [0.717, 1.165) is 0 Å². The van der Waals surface area contributed by atoms with Crippen LogP contribution in [0.15, 0.2) is 12.1 Å². The molecule has 1 aromatic rings. The SMILES string of the molecule is COc1cc(C(=O)N2CC(N3C(=O)CNC3=O)C2)cc(OC)c1OC. The van der Waals surface area contributed by atoms with Gasteiger partial charge < -0.3 is 24.4 Å². The zero-order chi connectivity index (χ0) is 18.1. The largest absolute Gasteiger partial charge is 0.493 e. The van der Waals surface area contributed by atoms with E-state index in [-0.39, 0.29) is 24.4 Å². The first kappa shape index (κ1) is 16.9. The zero-order valence-corrected chi connectivity index (χ0v) is 14.2. The van der Waals surface area contributed by atoms with E-state index in [1.54, 1.807) is 17.0 Å². The minimum atomic E-state index is -0.408. The number of nitrogens with one attached hydrogen (secondary N) is 1. The summed E-state index contributed by atoms with van der Waals surface area (Å²) in [5.41, 5.74) is 0.380. The molecule has 0 radical (unpaired) electrons. The summed E-state index contributed by atoms with van der Waals surface area (Å²) in [7, 11) is 4.44. The van der Waals surface area contributed by atoms with Gasteiger partial charge in [0.1, 0.15) is 0 Å². The van der Waals surface area contributed by atoms with Gasteiger partial charge in [-0.3, -0.25) is 14.5 Å². The zero-order valence-electron chi connectivity index (χ0n) is 14.2. The molecule has 2 fully saturated rings. The molecule has 0 saturated carbocycles. The van der Waals surface area contributed by atoms with Gasteiger partial charge in [0.2, 0.25) is 11.7 Å². The van der Waals surface area contributed by atoms with Crippen LogP contribution in [0.5, 0.6) is 17.2 Å². The molecule has 2 aliphatic heterocycles. The summed E-state index contributed by atoms with van der Waals surface area (Å²) in [5.74, 6) is 0.674. The Kier molecular flexibility index (Phi) is 4.39. The molecule has 0 unspecified atom stereocenters. The average Bonchev–Trinajstić information content (AvgIpc) is 2.91. The molecule has 0 aromatic heterocycles. The van der Waals surface area contributed by atoms with Gasteiger partial charge >= 0.3 is 6.03 Å². The molecule has 0 spiro atoms. The standard InChI is InChI=1S/C16H19N3O6/c1-23-11-4-9(5-12(24-2)14(11)25-3)15(21)18-7-10(8-18)19-13(20)6-17-16(19)22/h4-5,10H,6-8H2,1-3H3,(H,17,22). The molecule has 4 amide bonds. The Balaban J connectivity index is 1.74. The number of imide groups is 1. The highest BCUT2D eigenvalue weighted by Crippen LogP contribution is 2.38. The lowest BCUT2D eigenvalue weighted by molar-refractivity contribution is -0.128. The Hall–Kier alpha value is -2.97. The number of ether oxygens (including phenoxy) is 3. The first-order chi connectivity index (χ1) is 12.0. The topological polar surface area (TPSA) is 97.4 Å². The van der Waals surface area contributed by atoms with Crippen molar-refractivity contribution in [3.05, 3.63) is 17.7 Å². The second-order valence-corrected chi connectivity index (χ2v) is 5.70. The number of methoxy groups -OCH3 is 3. The van der Waals surface area contributed by atoms with E-state index in [4.69, 9.17) is 14.2 Å². The van der Waals surface area contributed by atoms with E-state index < -0.39 is 6.03 Å². The fraction of sp³-hybridized carbons (Fsp3) is 0.438. The molecule has 1 aromatic carbocycles. The number of rotatable bonds is 5. The number of amides is 4. The predicted octanol–water partition coefficient (Wildman–Crippen LogP) is 0.0886. The van der Waals surface area contributed by atoms with E-state index in [9.17, 15) is 14.4 Å². The fourth-order valence-electron chi connectivity index (χ4n) is 2.98. The molecule has 1 N–H and O–H groups in total. The Morgan fingerprint density at radius 1 is 1.08 bits per heavy atom. The first-order valence-electron chi connectivity index (χ1n) is 7.69. The monoisotopic (exact) mass is 349 g/mol. The molecule has 9 heteroatoms. The highest BCUT2D eigenvalue weighted by atomic mass is 16.5. The minimum absolute atomic E-state index is 0.0101. The van der Waals surface area contributed by atoms with Crippen molar-refractivity contribution in [2.75, 3.05) is 41.0 Å². The van der Waals surface area contributed by atoms with Gasteiger partial charge in [-0.05, 0) is 12.1 Å². The molecule has 0 atom stereocenters. The summed E-state index contributed by atoms with van der Waals surface area (Å²) in [5, 5.41) is 2.47. The lowest BCUT2D eigenvalue weighted by Crippen LogP contribution is -2.62. The highest BCUT2D eigenvalue weighted by Gasteiger charge is 2.43. The maximum atomic E-state index is 12.7. The van der Waals surface area contributed by atoms with Crippen LogP contribution in [-0.4, -0.2) is 74.7 Å². The average molecular weight is 349 g/mol. The summed E-state index contributed by atoms with van der Waals surface area (Å²) in [6, 6.07) is 2.45. The van der Waals surface area contributed by atoms with Crippen LogP contribution in [0, 0.1) is 0 Å². The second kappa shape index (κ2) is 6.50. The Morgan fingerprint density at radius 2 is 1.68 bits per heavy atom. The molecular weight excluding hydrogens is 330 g/mol. The van der Waals surface area contributed by atoms with Gasteiger partial charge in [-0.15, -0.1) is 0 Å². The van der Waals surface area contributed by atoms with E-state index in [1.165, 1.54) is 26.2 Å². The summed E-state index contributed by atoms with van der Waals surface area (Å²) >= 11 is 0. The molecule has 9 nitrogen and oxygen atoms in total. The van der Waals surface area contributed by atoms with Crippen molar-refractivity contribution in [2.24, 2.45) is 0 Å². The first-order valence-corrected chi connectivity index (χ1v) is 7.69. The van der Waals surface area contributed by atoms with Gasteiger partial charge in [-0.1, -0.05) is 0 Å². The summed E-state index contributed by atoms with van der Waals surface area (Å²) in [4.78, 5) is 38.7. The number of carbonyl (C=O) groups is 3. The van der Waals surface area contributed by atoms with Crippen molar-refractivity contribution in [1.29, 1.82) is 0 Å². The lowest BCUT2D eigenvalue weighted by atomic mass is 10.0. The molecule has 134 valence electrons. The maximum Gasteiger partial charge on any atom is 0.324 e. The van der Waals surface area contributed by atoms with E-state index >= 15 is 0 Å². The molecule has 0 aliphatic carbocycles. The maximum absolute atomic E-state index is 12.7. The van der Waals surface area contributed by atoms with E-state index in [1.807, 2.05) is 0 Å². The van der Waals surface area contributed by atoms with Crippen molar-refractivity contribution in [2.45, 2.75) is 6.04 Å². The number of urea groups is 1. The number of nitrogens with zero attached hydrogens (tertiary/aromatic N) is 2. The molecule has 25 heavy (non-hydrogen) atoms. The van der Waals surface area contributed by atoms with Gasteiger partial charge in [-0.25, -0.2) is 4.79 Å². The number of hydrogen-bond donors (Lipinski definition) is 1. The molecule has 2 aliphatic rings. The van der Waals surface area contributed by atoms with Crippen molar-refractivity contribution in [1.82, 2.24) is 15.1 Å². The molecule has 2 heterocycles. The van der Waals surface area contributed by atoms with Gasteiger partial charge in [-0.2, -0.15) is 0 Å². The van der Waals surface area contributed by atoms with Crippen LogP contribution in [-0.2, 0) is 4.79 Å². The minimum Gasteiger partial charge on any atom is -0.493 e. The van der Waals surface area contributed by atoms with Crippen molar-refractivity contribution in [3.63, 3.8) is 0 Å². The quantitative estimate of drug-likeness (QED) is 0.757. The van der Waals surface area contributed by atoms with Gasteiger partial charge in [0.25, 0.3) is 5.91 Å². The Labute approximate surface area is 144 Å². The fourth-order valence-corrected chi connectivity index (χ4v) is 2.98. The van der Waals surface area contributed by atoms with Crippen molar-refractivity contribution >= 4 is 17.8 Å². The summed E-state index contributed by atoms with van der Waals surface area (Å²) < 4.78 is 15.7. The predicted molar refractivity (Wildman–Crippen MR) is 86.0 cm³/mol. The number of benzene rings is 1. The van der Waals surface area contributed by atoms with E-state index in [2.05, 4.69) is 5.32 Å². The Morgan fingerprint density at radius 3 is 2.12 bits per heavy atom. The Bertz CT molecular complexity index is 688. The number of likely N-dealkylation sites (tertiary alicyclic amines) is 1. The molecule has 3 rings (SSSR count). The van der Waals surface area contributed by atoms with Crippen LogP contribution >= 0.6 is 0 Å². The number of hydrogen-bond acceptors (Lipinski definition) is 6. The number of carbonyl (C=O) groups excluding carboxylic acids is 3.